The van der Waals surface area contributed by atoms with Crippen molar-refractivity contribution in [1.29, 1.82) is 0 Å². The number of rotatable bonds is 6. The Morgan fingerprint density at radius 3 is 2.30 bits per heavy atom. The third kappa shape index (κ3) is 4.28. The number of carbonyl (C=O) groups excluding carboxylic acids is 1. The van der Waals surface area contributed by atoms with Crippen LogP contribution in [-0.2, 0) is 9.59 Å². The fourth-order valence-corrected chi connectivity index (χ4v) is 3.01. The number of hydrogen-bond donors (Lipinski definition) is 2. The van der Waals surface area contributed by atoms with Gasteiger partial charge in [-0.2, -0.15) is 0 Å². The van der Waals surface area contributed by atoms with Crippen LogP contribution in [0.1, 0.15) is 30.0 Å². The minimum absolute atomic E-state index is 0.0511. The fraction of sp³-hybridized carbons (Fsp3) is 0.238. The highest BCUT2D eigenvalue weighted by atomic mass is 16.4. The molecule has 0 saturated heterocycles. The average Bonchev–Trinajstić information content (AvgIpc) is 3.12. The summed E-state index contributed by atoms with van der Waals surface area (Å²) in [7, 11) is 3.95. The summed E-state index contributed by atoms with van der Waals surface area (Å²) in [6, 6.07) is 17.4. The number of carboxylic acids is 1. The molecule has 0 radical (unpaired) electrons. The zero-order valence-corrected chi connectivity index (χ0v) is 15.4. The van der Waals surface area contributed by atoms with Crippen molar-refractivity contribution in [3.8, 4) is 0 Å². The van der Waals surface area contributed by atoms with Crippen LogP contribution in [0.25, 0.3) is 5.70 Å². The molecule has 1 aliphatic rings. The van der Waals surface area contributed by atoms with Crippen molar-refractivity contribution >= 4 is 23.3 Å². The van der Waals surface area contributed by atoms with Gasteiger partial charge >= 0.3 is 5.97 Å². The summed E-state index contributed by atoms with van der Waals surface area (Å²) >= 11 is 0. The molecule has 2 aromatic rings. The summed E-state index contributed by atoms with van der Waals surface area (Å²) in [5.41, 5.74) is 7.00. The number of carboxylic acid groups (broad SMARTS) is 1. The molecule has 6 nitrogen and oxygen atoms in total. The number of anilines is 1. The van der Waals surface area contributed by atoms with E-state index in [0.717, 1.165) is 22.5 Å². The number of benzene rings is 2. The fourth-order valence-electron chi connectivity index (χ4n) is 3.01. The molecular weight excluding hydrogens is 342 g/mol. The van der Waals surface area contributed by atoms with E-state index in [9.17, 15) is 9.59 Å². The number of amides is 1. The molecule has 1 heterocycles. The van der Waals surface area contributed by atoms with E-state index in [2.05, 4.69) is 5.43 Å². The molecule has 2 aromatic carbocycles. The van der Waals surface area contributed by atoms with Gasteiger partial charge in [0.05, 0.1) is 18.2 Å². The topological polar surface area (TPSA) is 72.9 Å². The molecule has 6 heteroatoms. The lowest BCUT2D eigenvalue weighted by molar-refractivity contribution is -0.142. The lowest BCUT2D eigenvalue weighted by Crippen LogP contribution is -2.39. The quantitative estimate of drug-likeness (QED) is 0.823. The number of aliphatic carboxylic acids is 1. The minimum atomic E-state index is -0.981. The molecule has 1 atom stereocenters. The highest BCUT2D eigenvalue weighted by molar-refractivity contribution is 5.83. The summed E-state index contributed by atoms with van der Waals surface area (Å²) < 4.78 is 0. The summed E-state index contributed by atoms with van der Waals surface area (Å²) in [4.78, 5) is 25.5. The monoisotopic (exact) mass is 365 g/mol. The highest BCUT2D eigenvalue weighted by Gasteiger charge is 2.30. The SMILES string of the molecule is CN(C)c1ccc([C@H]2C=C(c3ccccc3)NN2C(=O)CCC(=O)O)cc1. The summed E-state index contributed by atoms with van der Waals surface area (Å²) in [6.07, 6.45) is 1.76. The first-order valence-corrected chi connectivity index (χ1v) is 8.81. The van der Waals surface area contributed by atoms with E-state index >= 15 is 0 Å². The van der Waals surface area contributed by atoms with Gasteiger partial charge in [0.2, 0.25) is 5.91 Å². The molecule has 0 aromatic heterocycles. The summed E-state index contributed by atoms with van der Waals surface area (Å²) in [6.45, 7) is 0. The number of hydrazine groups is 1. The van der Waals surface area contributed by atoms with E-state index in [1.54, 1.807) is 0 Å². The van der Waals surface area contributed by atoms with Crippen LogP contribution in [0.2, 0.25) is 0 Å². The third-order valence-corrected chi connectivity index (χ3v) is 4.50. The second-order valence-electron chi connectivity index (χ2n) is 6.65. The predicted molar refractivity (Wildman–Crippen MR) is 105 cm³/mol. The van der Waals surface area contributed by atoms with Crippen molar-refractivity contribution in [2.45, 2.75) is 18.9 Å². The van der Waals surface area contributed by atoms with Crippen molar-refractivity contribution in [3.05, 3.63) is 71.8 Å². The first-order chi connectivity index (χ1) is 13.0. The number of nitrogens with one attached hydrogen (secondary N) is 1. The molecule has 2 N–H and O–H groups in total. The van der Waals surface area contributed by atoms with Crippen LogP contribution in [-0.4, -0.2) is 36.1 Å². The number of hydrogen-bond acceptors (Lipinski definition) is 4. The van der Waals surface area contributed by atoms with Crippen molar-refractivity contribution in [3.63, 3.8) is 0 Å². The van der Waals surface area contributed by atoms with Gasteiger partial charge in [0.25, 0.3) is 0 Å². The maximum absolute atomic E-state index is 12.6. The molecular formula is C21H23N3O3. The van der Waals surface area contributed by atoms with E-state index in [1.165, 1.54) is 5.01 Å². The molecule has 0 fully saturated rings. The Labute approximate surface area is 158 Å². The molecule has 0 bridgehead atoms. The molecule has 0 spiro atoms. The maximum Gasteiger partial charge on any atom is 0.303 e. The van der Waals surface area contributed by atoms with Crippen molar-refractivity contribution in [2.75, 3.05) is 19.0 Å². The van der Waals surface area contributed by atoms with Crippen LogP contribution in [0.4, 0.5) is 5.69 Å². The summed E-state index contributed by atoms with van der Waals surface area (Å²) in [5.74, 6) is -1.23. The second-order valence-corrected chi connectivity index (χ2v) is 6.65. The van der Waals surface area contributed by atoms with Crippen LogP contribution < -0.4 is 10.3 Å². The Balaban J connectivity index is 1.89. The first-order valence-electron chi connectivity index (χ1n) is 8.81. The number of nitrogens with zero attached hydrogens (tertiary/aromatic N) is 2. The normalized spacial score (nSPS) is 15.9. The van der Waals surface area contributed by atoms with E-state index < -0.39 is 5.97 Å². The van der Waals surface area contributed by atoms with Crippen molar-refractivity contribution < 1.29 is 14.7 Å². The van der Waals surface area contributed by atoms with Crippen LogP contribution in [0.5, 0.6) is 0 Å². The molecule has 0 aliphatic carbocycles. The second kappa shape index (κ2) is 7.95. The molecule has 1 amide bonds. The van der Waals surface area contributed by atoms with E-state index in [4.69, 9.17) is 5.11 Å². The largest absolute Gasteiger partial charge is 0.481 e. The Morgan fingerprint density at radius 1 is 1.04 bits per heavy atom. The van der Waals surface area contributed by atoms with Gasteiger partial charge in [-0.05, 0) is 29.3 Å². The molecule has 3 rings (SSSR count). The van der Waals surface area contributed by atoms with Crippen molar-refractivity contribution in [2.24, 2.45) is 0 Å². The van der Waals surface area contributed by atoms with Gasteiger partial charge < -0.3 is 10.0 Å². The molecule has 0 saturated carbocycles. The van der Waals surface area contributed by atoms with E-state index in [1.807, 2.05) is 79.7 Å². The van der Waals surface area contributed by atoms with E-state index in [-0.39, 0.29) is 24.8 Å². The third-order valence-electron chi connectivity index (χ3n) is 4.50. The van der Waals surface area contributed by atoms with Gasteiger partial charge in [-0.3, -0.25) is 15.0 Å². The van der Waals surface area contributed by atoms with Gasteiger partial charge in [-0.1, -0.05) is 42.5 Å². The zero-order valence-electron chi connectivity index (χ0n) is 15.4. The van der Waals surface area contributed by atoms with Gasteiger partial charge in [0.15, 0.2) is 0 Å². The molecule has 0 unspecified atom stereocenters. The van der Waals surface area contributed by atoms with E-state index in [0.29, 0.717) is 0 Å². The predicted octanol–water partition coefficient (Wildman–Crippen LogP) is 3.05. The van der Waals surface area contributed by atoms with Crippen LogP contribution in [0.3, 0.4) is 0 Å². The van der Waals surface area contributed by atoms with Crippen LogP contribution in [0.15, 0.2) is 60.7 Å². The van der Waals surface area contributed by atoms with Crippen molar-refractivity contribution in [1.82, 2.24) is 10.4 Å². The molecule has 27 heavy (non-hydrogen) atoms. The average molecular weight is 365 g/mol. The Bertz CT molecular complexity index is 845. The Morgan fingerprint density at radius 2 is 1.70 bits per heavy atom. The smallest absolute Gasteiger partial charge is 0.303 e. The van der Waals surface area contributed by atoms with Gasteiger partial charge in [0, 0.05) is 26.2 Å². The highest BCUT2D eigenvalue weighted by Crippen LogP contribution is 2.32. The summed E-state index contributed by atoms with van der Waals surface area (Å²) in [5, 5.41) is 10.4. The van der Waals surface area contributed by atoms with Gasteiger partial charge in [0.1, 0.15) is 0 Å². The maximum atomic E-state index is 12.6. The lowest BCUT2D eigenvalue weighted by atomic mass is 10.0. The Kier molecular flexibility index (Phi) is 5.45. The first kappa shape index (κ1) is 18.5. The Hall–Kier alpha value is -3.28. The van der Waals surface area contributed by atoms with Gasteiger partial charge in [-0.15, -0.1) is 0 Å². The standard InChI is InChI=1S/C21H23N3O3/c1-23(2)17-10-8-16(9-11-17)19-14-18(15-6-4-3-5-7-15)22-24(19)20(25)12-13-21(26)27/h3-11,14,19,22H,12-13H2,1-2H3,(H,26,27)/t19-/m1/s1. The molecule has 1 aliphatic heterocycles. The minimum Gasteiger partial charge on any atom is -0.481 e. The lowest BCUT2D eigenvalue weighted by Gasteiger charge is -2.26. The number of carbonyl (C=O) groups is 2. The van der Waals surface area contributed by atoms with Crippen LogP contribution >= 0.6 is 0 Å². The van der Waals surface area contributed by atoms with Crippen LogP contribution in [0, 0.1) is 0 Å². The molecule has 140 valence electrons. The zero-order chi connectivity index (χ0) is 19.4. The van der Waals surface area contributed by atoms with Gasteiger partial charge in [-0.25, -0.2) is 5.01 Å².